The van der Waals surface area contributed by atoms with Gasteiger partial charge in [-0.05, 0) is 23.8 Å². The zero-order valence-electron chi connectivity index (χ0n) is 11.1. The molecule has 1 aromatic heterocycles. The quantitative estimate of drug-likeness (QED) is 0.912. The van der Waals surface area contributed by atoms with Crippen molar-refractivity contribution in [2.75, 3.05) is 13.9 Å². The highest BCUT2D eigenvalue weighted by molar-refractivity contribution is 7.89. The van der Waals surface area contributed by atoms with Crippen molar-refractivity contribution in [1.82, 2.24) is 4.98 Å². The standard InChI is InChI=1S/C13H12N2O5S/c1-18-13-12(21(14,16)17)5-9(6-15-13)8-2-3-10-11(4-8)20-7-19-10/h2-6H,7H2,1H3,(H2,14,16,17). The third kappa shape index (κ3) is 2.50. The van der Waals surface area contributed by atoms with Gasteiger partial charge < -0.3 is 14.2 Å². The molecule has 21 heavy (non-hydrogen) atoms. The van der Waals surface area contributed by atoms with Crippen molar-refractivity contribution in [2.24, 2.45) is 5.14 Å². The maximum atomic E-state index is 11.6. The van der Waals surface area contributed by atoms with Gasteiger partial charge in [0.15, 0.2) is 11.5 Å². The van der Waals surface area contributed by atoms with E-state index in [9.17, 15) is 8.42 Å². The third-order valence-corrected chi connectivity index (χ3v) is 3.93. The van der Waals surface area contributed by atoms with E-state index in [0.717, 1.165) is 5.56 Å². The number of fused-ring (bicyclic) bond motifs is 1. The van der Waals surface area contributed by atoms with Crippen LogP contribution < -0.4 is 19.3 Å². The number of benzene rings is 1. The molecular weight excluding hydrogens is 296 g/mol. The van der Waals surface area contributed by atoms with E-state index in [2.05, 4.69) is 4.98 Å². The van der Waals surface area contributed by atoms with E-state index in [1.807, 2.05) is 0 Å². The van der Waals surface area contributed by atoms with Gasteiger partial charge in [0.25, 0.3) is 0 Å². The van der Waals surface area contributed by atoms with E-state index in [1.54, 1.807) is 18.2 Å². The second-order valence-corrected chi connectivity index (χ2v) is 5.87. The summed E-state index contributed by atoms with van der Waals surface area (Å²) < 4.78 is 38.6. The largest absolute Gasteiger partial charge is 0.480 e. The summed E-state index contributed by atoms with van der Waals surface area (Å²) in [7, 11) is -2.60. The highest BCUT2D eigenvalue weighted by Gasteiger charge is 2.19. The Morgan fingerprint density at radius 1 is 1.19 bits per heavy atom. The van der Waals surface area contributed by atoms with Crippen LogP contribution in [0.3, 0.4) is 0 Å². The molecule has 1 aliphatic heterocycles. The van der Waals surface area contributed by atoms with Gasteiger partial charge in [-0.2, -0.15) is 0 Å². The van der Waals surface area contributed by atoms with Gasteiger partial charge >= 0.3 is 0 Å². The van der Waals surface area contributed by atoms with Crippen LogP contribution in [-0.2, 0) is 10.0 Å². The van der Waals surface area contributed by atoms with Crippen molar-refractivity contribution in [1.29, 1.82) is 0 Å². The van der Waals surface area contributed by atoms with Crippen LogP contribution in [-0.4, -0.2) is 27.3 Å². The number of nitrogens with zero attached hydrogens (tertiary/aromatic N) is 1. The molecule has 0 aliphatic carbocycles. The number of nitrogens with two attached hydrogens (primary N) is 1. The number of aromatic nitrogens is 1. The van der Waals surface area contributed by atoms with Gasteiger partial charge in [0.05, 0.1) is 7.11 Å². The number of pyridine rings is 1. The van der Waals surface area contributed by atoms with Gasteiger partial charge in [-0.25, -0.2) is 18.5 Å². The van der Waals surface area contributed by atoms with E-state index in [-0.39, 0.29) is 17.6 Å². The maximum Gasteiger partial charge on any atom is 0.243 e. The van der Waals surface area contributed by atoms with E-state index >= 15 is 0 Å². The first-order valence-electron chi connectivity index (χ1n) is 5.96. The molecular formula is C13H12N2O5S. The molecule has 2 aromatic rings. The molecule has 0 unspecified atom stereocenters. The Kier molecular flexibility index (Phi) is 3.19. The highest BCUT2D eigenvalue weighted by Crippen LogP contribution is 2.36. The molecule has 1 aromatic carbocycles. The smallest absolute Gasteiger partial charge is 0.243 e. The van der Waals surface area contributed by atoms with Crippen LogP contribution in [0.1, 0.15) is 0 Å². The Morgan fingerprint density at radius 2 is 1.95 bits per heavy atom. The Morgan fingerprint density at radius 3 is 2.67 bits per heavy atom. The average Bonchev–Trinajstić information content (AvgIpc) is 2.93. The Balaban J connectivity index is 2.11. The number of sulfonamides is 1. The van der Waals surface area contributed by atoms with Gasteiger partial charge in [-0.1, -0.05) is 6.07 Å². The minimum absolute atomic E-state index is 0.0398. The number of rotatable bonds is 3. The third-order valence-electron chi connectivity index (χ3n) is 3.02. The molecule has 0 amide bonds. The van der Waals surface area contributed by atoms with E-state index in [0.29, 0.717) is 17.1 Å². The van der Waals surface area contributed by atoms with Crippen LogP contribution >= 0.6 is 0 Å². The minimum atomic E-state index is -3.93. The first-order valence-corrected chi connectivity index (χ1v) is 7.50. The van der Waals surface area contributed by atoms with Gasteiger partial charge in [0, 0.05) is 11.8 Å². The number of ether oxygens (including phenoxy) is 3. The van der Waals surface area contributed by atoms with Crippen LogP contribution in [0.4, 0.5) is 0 Å². The van der Waals surface area contributed by atoms with Crippen LogP contribution in [0, 0.1) is 0 Å². The van der Waals surface area contributed by atoms with E-state index in [4.69, 9.17) is 19.3 Å². The minimum Gasteiger partial charge on any atom is -0.480 e. The predicted octanol–water partition coefficient (Wildman–Crippen LogP) is 1.13. The molecule has 0 saturated carbocycles. The fourth-order valence-electron chi connectivity index (χ4n) is 2.02. The molecule has 0 saturated heterocycles. The lowest BCUT2D eigenvalue weighted by Crippen LogP contribution is -2.14. The highest BCUT2D eigenvalue weighted by atomic mass is 32.2. The number of hydrogen-bond donors (Lipinski definition) is 1. The van der Waals surface area contributed by atoms with Gasteiger partial charge in [0.1, 0.15) is 4.90 Å². The van der Waals surface area contributed by atoms with Crippen LogP contribution in [0.2, 0.25) is 0 Å². The van der Waals surface area contributed by atoms with Crippen molar-refractivity contribution < 1.29 is 22.6 Å². The number of primary sulfonamides is 1. The number of methoxy groups -OCH3 is 1. The van der Waals surface area contributed by atoms with Crippen LogP contribution in [0.5, 0.6) is 17.4 Å². The molecule has 110 valence electrons. The van der Waals surface area contributed by atoms with Crippen molar-refractivity contribution in [3.8, 4) is 28.5 Å². The summed E-state index contributed by atoms with van der Waals surface area (Å²) in [6, 6.07) is 6.69. The normalized spacial score (nSPS) is 13.2. The van der Waals surface area contributed by atoms with Crippen molar-refractivity contribution in [2.45, 2.75) is 4.90 Å². The molecule has 8 heteroatoms. The van der Waals surface area contributed by atoms with Crippen molar-refractivity contribution >= 4 is 10.0 Å². The Bertz CT molecular complexity index is 804. The molecule has 0 radical (unpaired) electrons. The molecule has 1 aliphatic rings. The van der Waals surface area contributed by atoms with Crippen molar-refractivity contribution in [3.05, 3.63) is 30.5 Å². The number of hydrogen-bond acceptors (Lipinski definition) is 6. The monoisotopic (exact) mass is 308 g/mol. The zero-order valence-corrected chi connectivity index (χ0v) is 11.9. The van der Waals surface area contributed by atoms with Gasteiger partial charge in [-0.15, -0.1) is 0 Å². The molecule has 0 fully saturated rings. The zero-order chi connectivity index (χ0) is 15.0. The summed E-state index contributed by atoms with van der Waals surface area (Å²) in [4.78, 5) is 3.81. The van der Waals surface area contributed by atoms with Gasteiger partial charge in [-0.3, -0.25) is 0 Å². The van der Waals surface area contributed by atoms with Gasteiger partial charge in [0.2, 0.25) is 22.7 Å². The lowest BCUT2D eigenvalue weighted by Gasteiger charge is -2.08. The summed E-state index contributed by atoms with van der Waals surface area (Å²) in [6.45, 7) is 0.169. The molecule has 3 rings (SSSR count). The molecule has 0 spiro atoms. The Hall–Kier alpha value is -2.32. The lowest BCUT2D eigenvalue weighted by molar-refractivity contribution is 0.174. The summed E-state index contributed by atoms with van der Waals surface area (Å²) >= 11 is 0. The fourth-order valence-corrected chi connectivity index (χ4v) is 2.69. The second kappa shape index (κ2) is 4.90. The topological polar surface area (TPSA) is 101 Å². The average molecular weight is 308 g/mol. The van der Waals surface area contributed by atoms with E-state index < -0.39 is 10.0 Å². The lowest BCUT2D eigenvalue weighted by atomic mass is 10.1. The maximum absolute atomic E-state index is 11.6. The van der Waals surface area contributed by atoms with Crippen LogP contribution in [0.15, 0.2) is 35.4 Å². The van der Waals surface area contributed by atoms with E-state index in [1.165, 1.54) is 19.4 Å². The summed E-state index contributed by atoms with van der Waals surface area (Å²) in [5.74, 6) is 1.20. The molecule has 7 nitrogen and oxygen atoms in total. The van der Waals surface area contributed by atoms with Crippen molar-refractivity contribution in [3.63, 3.8) is 0 Å². The molecule has 0 atom stereocenters. The molecule has 2 heterocycles. The summed E-state index contributed by atoms with van der Waals surface area (Å²) in [5.41, 5.74) is 1.32. The SMILES string of the molecule is COc1ncc(-c2ccc3c(c2)OCO3)cc1S(N)(=O)=O. The first kappa shape index (κ1) is 13.7. The molecule has 2 N–H and O–H groups in total. The summed E-state index contributed by atoms with van der Waals surface area (Å²) in [5, 5.41) is 5.18. The molecule has 0 bridgehead atoms. The fraction of sp³-hybridized carbons (Fsp3) is 0.154. The predicted molar refractivity (Wildman–Crippen MR) is 73.7 cm³/mol. The summed E-state index contributed by atoms with van der Waals surface area (Å²) in [6.07, 6.45) is 1.51. The second-order valence-electron chi connectivity index (χ2n) is 4.34. The first-order chi connectivity index (χ1) is 9.99. The Labute approximate surface area is 121 Å². The van der Waals surface area contributed by atoms with Crippen LogP contribution in [0.25, 0.3) is 11.1 Å².